The summed E-state index contributed by atoms with van der Waals surface area (Å²) < 4.78 is 5.38. The molecule has 2 aromatic heterocycles. The minimum Gasteiger partial charge on any atom is -0.494 e. The van der Waals surface area contributed by atoms with E-state index in [0.29, 0.717) is 28.9 Å². The zero-order valence-electron chi connectivity index (χ0n) is 13.9. The van der Waals surface area contributed by atoms with Gasteiger partial charge in [0.15, 0.2) is 5.13 Å². The highest BCUT2D eigenvalue weighted by atomic mass is 32.1. The lowest BCUT2D eigenvalue weighted by molar-refractivity contribution is 0.102. The Morgan fingerprint density at radius 1 is 1.16 bits per heavy atom. The maximum Gasteiger partial charge on any atom is 0.275 e. The van der Waals surface area contributed by atoms with E-state index >= 15 is 0 Å². The summed E-state index contributed by atoms with van der Waals surface area (Å²) in [4.78, 5) is 21.0. The van der Waals surface area contributed by atoms with Gasteiger partial charge in [-0.25, -0.2) is 9.97 Å². The monoisotopic (exact) mass is 354 g/mol. The molecular weight excluding hydrogens is 336 g/mol. The predicted octanol–water partition coefficient (Wildman–Crippen LogP) is 4.24. The number of nitrogens with one attached hydrogen (secondary N) is 2. The molecular formula is C18H18N4O2S. The number of hydrogen-bond donors (Lipinski definition) is 2. The molecule has 0 atom stereocenters. The molecule has 0 saturated carbocycles. The highest BCUT2D eigenvalue weighted by Crippen LogP contribution is 2.21. The summed E-state index contributed by atoms with van der Waals surface area (Å²) in [6.45, 7) is 4.45. The first-order valence-corrected chi connectivity index (χ1v) is 8.72. The van der Waals surface area contributed by atoms with Crippen LogP contribution < -0.4 is 15.4 Å². The van der Waals surface area contributed by atoms with Crippen molar-refractivity contribution < 1.29 is 9.53 Å². The fourth-order valence-electron chi connectivity index (χ4n) is 2.15. The van der Waals surface area contributed by atoms with E-state index in [9.17, 15) is 4.79 Å². The molecule has 0 aliphatic heterocycles. The molecule has 2 heterocycles. The van der Waals surface area contributed by atoms with Gasteiger partial charge in [0.1, 0.15) is 17.3 Å². The Kier molecular flexibility index (Phi) is 5.25. The summed E-state index contributed by atoms with van der Waals surface area (Å²) in [5.74, 6) is 1.21. The van der Waals surface area contributed by atoms with Crippen molar-refractivity contribution in [3.8, 4) is 5.75 Å². The predicted molar refractivity (Wildman–Crippen MR) is 99.9 cm³/mol. The fraction of sp³-hybridized carbons (Fsp3) is 0.167. The molecule has 0 bridgehead atoms. The molecule has 25 heavy (non-hydrogen) atoms. The summed E-state index contributed by atoms with van der Waals surface area (Å²) in [5.41, 5.74) is 1.96. The lowest BCUT2D eigenvalue weighted by atomic mass is 10.3. The number of aromatic nitrogens is 2. The minimum atomic E-state index is -0.259. The van der Waals surface area contributed by atoms with Gasteiger partial charge < -0.3 is 15.4 Å². The standard InChI is InChI=1S/C18H18N4O2S/c1-3-24-14-9-7-13(8-10-14)20-17(23)15-11-25-18(21-15)22-16-6-4-5-12(2)19-16/h4-11H,3H2,1-2H3,(H,20,23)(H,19,21,22). The molecule has 0 aliphatic rings. The lowest BCUT2D eigenvalue weighted by Crippen LogP contribution is -2.12. The Morgan fingerprint density at radius 3 is 2.68 bits per heavy atom. The minimum absolute atomic E-state index is 0.259. The van der Waals surface area contributed by atoms with Crippen molar-refractivity contribution in [1.82, 2.24) is 9.97 Å². The fourth-order valence-corrected chi connectivity index (χ4v) is 2.85. The molecule has 1 aromatic carbocycles. The van der Waals surface area contributed by atoms with Crippen LogP contribution in [0.2, 0.25) is 0 Å². The van der Waals surface area contributed by atoms with Gasteiger partial charge in [0.05, 0.1) is 6.61 Å². The van der Waals surface area contributed by atoms with Crippen LogP contribution in [0.3, 0.4) is 0 Å². The second-order valence-electron chi connectivity index (χ2n) is 5.24. The Morgan fingerprint density at radius 2 is 1.96 bits per heavy atom. The number of ether oxygens (including phenoxy) is 1. The Hall–Kier alpha value is -2.93. The number of benzene rings is 1. The third kappa shape index (κ3) is 4.54. The average molecular weight is 354 g/mol. The van der Waals surface area contributed by atoms with Gasteiger partial charge in [-0.15, -0.1) is 11.3 Å². The number of anilines is 3. The molecule has 3 rings (SSSR count). The number of pyridine rings is 1. The SMILES string of the molecule is CCOc1ccc(NC(=O)c2csc(Nc3cccc(C)n3)n2)cc1. The van der Waals surface area contributed by atoms with E-state index in [2.05, 4.69) is 20.6 Å². The highest BCUT2D eigenvalue weighted by Gasteiger charge is 2.11. The first-order chi connectivity index (χ1) is 12.1. The second-order valence-corrected chi connectivity index (χ2v) is 6.10. The van der Waals surface area contributed by atoms with E-state index in [-0.39, 0.29) is 5.91 Å². The van der Waals surface area contributed by atoms with E-state index in [1.165, 1.54) is 11.3 Å². The topological polar surface area (TPSA) is 76.1 Å². The van der Waals surface area contributed by atoms with Gasteiger partial charge in [-0.05, 0) is 50.2 Å². The van der Waals surface area contributed by atoms with E-state index < -0.39 is 0 Å². The summed E-state index contributed by atoms with van der Waals surface area (Å²) in [6, 6.07) is 12.9. The maximum absolute atomic E-state index is 12.3. The van der Waals surface area contributed by atoms with Gasteiger partial charge in [0.2, 0.25) is 0 Å². The van der Waals surface area contributed by atoms with Crippen molar-refractivity contribution in [3.63, 3.8) is 0 Å². The van der Waals surface area contributed by atoms with Crippen LogP contribution in [-0.4, -0.2) is 22.5 Å². The summed E-state index contributed by atoms with van der Waals surface area (Å²) in [7, 11) is 0. The first kappa shape index (κ1) is 16.9. The average Bonchev–Trinajstić information content (AvgIpc) is 3.05. The molecule has 3 aromatic rings. The quantitative estimate of drug-likeness (QED) is 0.692. The van der Waals surface area contributed by atoms with Gasteiger partial charge >= 0.3 is 0 Å². The van der Waals surface area contributed by atoms with Crippen molar-refractivity contribution in [2.75, 3.05) is 17.2 Å². The molecule has 128 valence electrons. The largest absolute Gasteiger partial charge is 0.494 e. The van der Waals surface area contributed by atoms with E-state index in [1.807, 2.05) is 44.2 Å². The van der Waals surface area contributed by atoms with E-state index in [1.54, 1.807) is 17.5 Å². The Bertz CT molecular complexity index is 862. The Labute approximate surface area is 149 Å². The van der Waals surface area contributed by atoms with Crippen molar-refractivity contribution >= 4 is 33.9 Å². The Balaban J connectivity index is 1.64. The number of amides is 1. The third-order valence-electron chi connectivity index (χ3n) is 3.28. The van der Waals surface area contributed by atoms with Crippen LogP contribution in [0.4, 0.5) is 16.6 Å². The summed E-state index contributed by atoms with van der Waals surface area (Å²) in [6.07, 6.45) is 0. The number of carbonyl (C=O) groups is 1. The third-order valence-corrected chi connectivity index (χ3v) is 4.04. The summed E-state index contributed by atoms with van der Waals surface area (Å²) in [5, 5.41) is 8.26. The van der Waals surface area contributed by atoms with E-state index in [0.717, 1.165) is 11.4 Å². The molecule has 1 amide bonds. The van der Waals surface area contributed by atoms with Crippen LogP contribution in [-0.2, 0) is 0 Å². The van der Waals surface area contributed by atoms with Crippen LogP contribution in [0.1, 0.15) is 23.1 Å². The van der Waals surface area contributed by atoms with Crippen molar-refractivity contribution in [2.24, 2.45) is 0 Å². The molecule has 0 fully saturated rings. The van der Waals surface area contributed by atoms with Crippen molar-refractivity contribution in [1.29, 1.82) is 0 Å². The molecule has 0 radical (unpaired) electrons. The van der Waals surface area contributed by atoms with Gasteiger partial charge in [-0.1, -0.05) is 6.07 Å². The number of aryl methyl sites for hydroxylation is 1. The van der Waals surface area contributed by atoms with Crippen molar-refractivity contribution in [2.45, 2.75) is 13.8 Å². The van der Waals surface area contributed by atoms with Gasteiger partial charge in [0.25, 0.3) is 5.91 Å². The number of rotatable bonds is 6. The van der Waals surface area contributed by atoms with Crippen molar-refractivity contribution in [3.05, 3.63) is 59.2 Å². The zero-order chi connectivity index (χ0) is 17.6. The molecule has 0 aliphatic carbocycles. The van der Waals surface area contributed by atoms with Gasteiger partial charge in [-0.3, -0.25) is 4.79 Å². The summed E-state index contributed by atoms with van der Waals surface area (Å²) >= 11 is 1.36. The zero-order valence-corrected chi connectivity index (χ0v) is 14.8. The maximum atomic E-state index is 12.3. The van der Waals surface area contributed by atoms with Crippen LogP contribution in [0.25, 0.3) is 0 Å². The number of carbonyl (C=O) groups excluding carboxylic acids is 1. The smallest absolute Gasteiger partial charge is 0.275 e. The lowest BCUT2D eigenvalue weighted by Gasteiger charge is -2.06. The number of thiazole rings is 1. The molecule has 0 saturated heterocycles. The van der Waals surface area contributed by atoms with Crippen LogP contribution in [0.5, 0.6) is 5.75 Å². The molecule has 0 unspecified atom stereocenters. The molecule has 7 heteroatoms. The highest BCUT2D eigenvalue weighted by molar-refractivity contribution is 7.14. The molecule has 2 N–H and O–H groups in total. The van der Waals surface area contributed by atoms with Crippen LogP contribution in [0, 0.1) is 6.92 Å². The van der Waals surface area contributed by atoms with Gasteiger partial charge in [0, 0.05) is 16.8 Å². The van der Waals surface area contributed by atoms with Crippen LogP contribution in [0.15, 0.2) is 47.8 Å². The van der Waals surface area contributed by atoms with E-state index in [4.69, 9.17) is 4.74 Å². The second kappa shape index (κ2) is 7.76. The van der Waals surface area contributed by atoms with Crippen LogP contribution >= 0.6 is 11.3 Å². The normalized spacial score (nSPS) is 10.3. The number of nitrogens with zero attached hydrogens (tertiary/aromatic N) is 2. The first-order valence-electron chi connectivity index (χ1n) is 7.84. The molecule has 0 spiro atoms. The number of hydrogen-bond acceptors (Lipinski definition) is 6. The van der Waals surface area contributed by atoms with Gasteiger partial charge in [-0.2, -0.15) is 0 Å². The molecule has 6 nitrogen and oxygen atoms in total.